The zero-order valence-electron chi connectivity index (χ0n) is 18.1. The molecule has 1 N–H and O–H groups in total. The standard InChI is InChI=1S/C21H24ClN7O3/c1-12-18-20(30)28(11-23-29(18)21(24-12)27(2)3)9-17-25-19(26-32-17)14-8-16(31-10-14)13-4-6-15(22)7-5-13/h4-7,14,16,23H,8-11H2,1-3H3/t14-,16+/m0/s1. The van der Waals surface area contributed by atoms with Crippen LogP contribution in [0, 0.1) is 6.92 Å². The van der Waals surface area contributed by atoms with Crippen molar-refractivity contribution >= 4 is 23.5 Å². The molecule has 32 heavy (non-hydrogen) atoms. The minimum atomic E-state index is -0.131. The number of halogens is 1. The van der Waals surface area contributed by atoms with Crippen LogP contribution in [0.1, 0.15) is 51.9 Å². The molecule has 3 aromatic rings. The van der Waals surface area contributed by atoms with Crippen LogP contribution < -0.4 is 10.3 Å². The number of fused-ring (bicyclic) bond motifs is 1. The van der Waals surface area contributed by atoms with Gasteiger partial charge in [-0.25, -0.2) is 9.66 Å². The molecule has 2 aliphatic rings. The lowest BCUT2D eigenvalue weighted by Crippen LogP contribution is -2.45. The van der Waals surface area contributed by atoms with Crippen molar-refractivity contribution in [3.05, 3.63) is 58.0 Å². The molecule has 4 heterocycles. The molecule has 168 valence electrons. The molecule has 0 aliphatic carbocycles. The van der Waals surface area contributed by atoms with Gasteiger partial charge in [0, 0.05) is 25.0 Å². The SMILES string of the molecule is Cc1nc(N(C)C)n2c1C(=O)N(Cc1nc([C@@H]3CO[C@@H](c4ccc(Cl)cc4)C3)no1)CN2. The van der Waals surface area contributed by atoms with Gasteiger partial charge in [-0.2, -0.15) is 4.98 Å². The van der Waals surface area contributed by atoms with Crippen LogP contribution in [0.15, 0.2) is 28.8 Å². The average Bonchev–Trinajstić information content (AvgIpc) is 3.49. The number of aromatic nitrogens is 4. The third kappa shape index (κ3) is 3.69. The molecular formula is C21H24ClN7O3. The highest BCUT2D eigenvalue weighted by Crippen LogP contribution is 2.37. The fourth-order valence-electron chi connectivity index (χ4n) is 4.10. The first kappa shape index (κ1) is 20.8. The third-order valence-electron chi connectivity index (χ3n) is 5.76. The van der Waals surface area contributed by atoms with Gasteiger partial charge in [0.05, 0.1) is 18.4 Å². The molecule has 11 heteroatoms. The van der Waals surface area contributed by atoms with E-state index in [1.54, 1.807) is 9.58 Å². The highest BCUT2D eigenvalue weighted by molar-refractivity contribution is 6.30. The Balaban J connectivity index is 1.26. The number of nitrogens with one attached hydrogen (secondary N) is 1. The number of aryl methyl sites for hydroxylation is 1. The molecule has 1 saturated heterocycles. The third-order valence-corrected chi connectivity index (χ3v) is 6.01. The second-order valence-corrected chi connectivity index (χ2v) is 8.68. The number of carbonyl (C=O) groups excluding carboxylic acids is 1. The summed E-state index contributed by atoms with van der Waals surface area (Å²) < 4.78 is 13.1. The number of benzene rings is 1. The molecule has 0 spiro atoms. The van der Waals surface area contributed by atoms with Crippen molar-refractivity contribution in [1.29, 1.82) is 0 Å². The van der Waals surface area contributed by atoms with Crippen molar-refractivity contribution in [3.63, 3.8) is 0 Å². The average molecular weight is 458 g/mol. The van der Waals surface area contributed by atoms with Crippen LogP contribution in [0.25, 0.3) is 0 Å². The van der Waals surface area contributed by atoms with Gasteiger partial charge in [-0.1, -0.05) is 28.9 Å². The molecule has 2 aliphatic heterocycles. The Labute approximate surface area is 190 Å². The van der Waals surface area contributed by atoms with Gasteiger partial charge in [-0.3, -0.25) is 4.79 Å². The van der Waals surface area contributed by atoms with Crippen LogP contribution in [-0.4, -0.2) is 58.0 Å². The van der Waals surface area contributed by atoms with Crippen LogP contribution in [0.4, 0.5) is 5.95 Å². The van der Waals surface area contributed by atoms with E-state index in [0.29, 0.717) is 47.3 Å². The molecule has 0 bridgehead atoms. The van der Waals surface area contributed by atoms with Crippen LogP contribution in [0.3, 0.4) is 0 Å². The molecule has 0 unspecified atom stereocenters. The summed E-state index contributed by atoms with van der Waals surface area (Å²) in [5.74, 6) is 1.58. The molecule has 1 aromatic carbocycles. The van der Waals surface area contributed by atoms with E-state index in [0.717, 1.165) is 12.0 Å². The van der Waals surface area contributed by atoms with Crippen molar-refractivity contribution in [2.45, 2.75) is 31.9 Å². The van der Waals surface area contributed by atoms with Crippen molar-refractivity contribution in [2.24, 2.45) is 0 Å². The number of rotatable bonds is 5. The Bertz CT molecular complexity index is 1140. The Morgan fingerprint density at radius 1 is 1.25 bits per heavy atom. The van der Waals surface area contributed by atoms with Gasteiger partial charge in [0.25, 0.3) is 5.91 Å². The van der Waals surface area contributed by atoms with E-state index in [9.17, 15) is 4.79 Å². The van der Waals surface area contributed by atoms with Crippen molar-refractivity contribution in [2.75, 3.05) is 37.7 Å². The molecule has 5 rings (SSSR count). The first-order chi connectivity index (χ1) is 15.4. The lowest BCUT2D eigenvalue weighted by molar-refractivity contribution is 0.0696. The van der Waals surface area contributed by atoms with Gasteiger partial charge in [-0.05, 0) is 31.0 Å². The van der Waals surface area contributed by atoms with Crippen molar-refractivity contribution in [3.8, 4) is 0 Å². The second kappa shape index (κ2) is 8.10. The fourth-order valence-corrected chi connectivity index (χ4v) is 4.22. The maximum absolute atomic E-state index is 13.1. The summed E-state index contributed by atoms with van der Waals surface area (Å²) in [5.41, 5.74) is 5.47. The summed E-state index contributed by atoms with van der Waals surface area (Å²) >= 11 is 5.98. The van der Waals surface area contributed by atoms with E-state index < -0.39 is 0 Å². The predicted octanol–water partition coefficient (Wildman–Crippen LogP) is 2.70. The normalized spacial score (nSPS) is 20.4. The Hall–Kier alpha value is -3.11. The molecule has 10 nitrogen and oxygen atoms in total. The smallest absolute Gasteiger partial charge is 0.276 e. The topological polar surface area (TPSA) is 102 Å². The lowest BCUT2D eigenvalue weighted by atomic mass is 10.0. The van der Waals surface area contributed by atoms with E-state index >= 15 is 0 Å². The van der Waals surface area contributed by atoms with Gasteiger partial charge in [0.2, 0.25) is 11.8 Å². The van der Waals surface area contributed by atoms with Gasteiger partial charge < -0.3 is 24.5 Å². The molecule has 0 saturated carbocycles. The Morgan fingerprint density at radius 3 is 2.78 bits per heavy atom. The maximum Gasteiger partial charge on any atom is 0.276 e. The zero-order valence-corrected chi connectivity index (χ0v) is 18.8. The summed E-state index contributed by atoms with van der Waals surface area (Å²) in [7, 11) is 3.77. The minimum absolute atomic E-state index is 0.0266. The second-order valence-electron chi connectivity index (χ2n) is 8.25. The number of hydrogen-bond donors (Lipinski definition) is 1. The highest BCUT2D eigenvalue weighted by atomic mass is 35.5. The number of amides is 1. The first-order valence-electron chi connectivity index (χ1n) is 10.4. The van der Waals surface area contributed by atoms with E-state index in [-0.39, 0.29) is 24.5 Å². The fraction of sp³-hybridized carbons (Fsp3) is 0.429. The summed E-state index contributed by atoms with van der Waals surface area (Å²) in [6.07, 6.45) is 0.734. The highest BCUT2D eigenvalue weighted by Gasteiger charge is 2.33. The molecule has 1 amide bonds. The van der Waals surface area contributed by atoms with Crippen LogP contribution in [0.2, 0.25) is 5.02 Å². The molecular weight excluding hydrogens is 434 g/mol. The first-order valence-corrected chi connectivity index (χ1v) is 10.8. The van der Waals surface area contributed by atoms with E-state index in [2.05, 4.69) is 20.6 Å². The van der Waals surface area contributed by atoms with Crippen LogP contribution >= 0.6 is 11.6 Å². The van der Waals surface area contributed by atoms with Crippen LogP contribution in [-0.2, 0) is 11.3 Å². The number of hydrogen-bond acceptors (Lipinski definition) is 8. The zero-order chi connectivity index (χ0) is 22.4. The number of imidazole rings is 1. The summed E-state index contributed by atoms with van der Waals surface area (Å²) in [5, 5.41) is 4.85. The monoisotopic (exact) mass is 457 g/mol. The van der Waals surface area contributed by atoms with Gasteiger partial charge in [0.15, 0.2) is 11.5 Å². The molecule has 2 aromatic heterocycles. The molecule has 1 fully saturated rings. The minimum Gasteiger partial charge on any atom is -0.373 e. The Kier molecular flexibility index (Phi) is 5.26. The number of ether oxygens (including phenoxy) is 1. The van der Waals surface area contributed by atoms with Crippen LogP contribution in [0.5, 0.6) is 0 Å². The molecule has 2 atom stereocenters. The van der Waals surface area contributed by atoms with E-state index in [1.807, 2.05) is 50.2 Å². The largest absolute Gasteiger partial charge is 0.373 e. The predicted molar refractivity (Wildman–Crippen MR) is 117 cm³/mol. The number of nitrogens with zero attached hydrogens (tertiary/aromatic N) is 6. The van der Waals surface area contributed by atoms with E-state index in [4.69, 9.17) is 20.9 Å². The number of anilines is 1. The van der Waals surface area contributed by atoms with Gasteiger partial charge >= 0.3 is 0 Å². The van der Waals surface area contributed by atoms with Gasteiger partial charge in [-0.15, -0.1) is 0 Å². The maximum atomic E-state index is 13.1. The van der Waals surface area contributed by atoms with E-state index in [1.165, 1.54) is 0 Å². The summed E-state index contributed by atoms with van der Waals surface area (Å²) in [6.45, 7) is 2.87. The Morgan fingerprint density at radius 2 is 2.03 bits per heavy atom. The lowest BCUT2D eigenvalue weighted by Gasteiger charge is -2.29. The van der Waals surface area contributed by atoms with Crippen molar-refractivity contribution in [1.82, 2.24) is 24.7 Å². The van der Waals surface area contributed by atoms with Crippen molar-refractivity contribution < 1.29 is 14.1 Å². The summed E-state index contributed by atoms with van der Waals surface area (Å²) in [4.78, 5) is 25.6. The summed E-state index contributed by atoms with van der Waals surface area (Å²) in [6, 6.07) is 7.67. The van der Waals surface area contributed by atoms with Gasteiger partial charge in [0.1, 0.15) is 13.2 Å². The number of carbonyl (C=O) groups is 1. The quantitative estimate of drug-likeness (QED) is 0.624. The molecule has 0 radical (unpaired) electrons.